The van der Waals surface area contributed by atoms with Gasteiger partial charge in [-0.25, -0.2) is 9.97 Å². The van der Waals surface area contributed by atoms with Crippen LogP contribution in [0.15, 0.2) is 5.03 Å². The molecule has 138 valence electrons. The SMILES string of the molecule is Cc1nc(SCC(=O)N2CCC(C(N)=O)CC2)c2c3c(sc2n1)CCC3. The molecular formula is C18H22N4O2S2. The molecule has 8 heteroatoms. The first kappa shape index (κ1) is 17.7. The highest BCUT2D eigenvalue weighted by atomic mass is 32.2. The second kappa shape index (κ2) is 7.15. The Morgan fingerprint density at radius 2 is 2.04 bits per heavy atom. The molecule has 1 fully saturated rings. The molecule has 2 N–H and O–H groups in total. The number of carbonyl (C=O) groups excluding carboxylic acids is 2. The van der Waals surface area contributed by atoms with Gasteiger partial charge in [0, 0.05) is 29.3 Å². The minimum Gasteiger partial charge on any atom is -0.369 e. The van der Waals surface area contributed by atoms with Crippen molar-refractivity contribution in [1.82, 2.24) is 14.9 Å². The van der Waals surface area contributed by atoms with Crippen LogP contribution < -0.4 is 5.73 Å². The number of thioether (sulfide) groups is 1. The highest BCUT2D eigenvalue weighted by Crippen LogP contribution is 2.40. The van der Waals surface area contributed by atoms with E-state index in [1.54, 1.807) is 11.3 Å². The molecule has 0 radical (unpaired) electrons. The molecule has 0 atom stereocenters. The van der Waals surface area contributed by atoms with Crippen molar-refractivity contribution in [2.45, 2.75) is 44.1 Å². The van der Waals surface area contributed by atoms with Crippen LogP contribution in [0.5, 0.6) is 0 Å². The largest absolute Gasteiger partial charge is 0.369 e. The van der Waals surface area contributed by atoms with Crippen LogP contribution in [0.2, 0.25) is 0 Å². The maximum absolute atomic E-state index is 12.6. The third kappa shape index (κ3) is 3.32. The summed E-state index contributed by atoms with van der Waals surface area (Å²) >= 11 is 3.29. The number of fused-ring (bicyclic) bond motifs is 3. The zero-order chi connectivity index (χ0) is 18.3. The molecule has 1 aliphatic heterocycles. The molecule has 3 heterocycles. The van der Waals surface area contributed by atoms with Gasteiger partial charge in [-0.2, -0.15) is 0 Å². The van der Waals surface area contributed by atoms with Gasteiger partial charge >= 0.3 is 0 Å². The van der Waals surface area contributed by atoms with E-state index in [2.05, 4.69) is 9.97 Å². The van der Waals surface area contributed by atoms with Gasteiger partial charge in [-0.15, -0.1) is 11.3 Å². The molecule has 0 aromatic carbocycles. The van der Waals surface area contributed by atoms with E-state index in [9.17, 15) is 9.59 Å². The Hall–Kier alpha value is -1.67. The van der Waals surface area contributed by atoms with E-state index in [1.807, 2.05) is 11.8 Å². The Kier molecular flexibility index (Phi) is 4.88. The van der Waals surface area contributed by atoms with E-state index in [1.165, 1.54) is 34.0 Å². The lowest BCUT2D eigenvalue weighted by Crippen LogP contribution is -2.42. The Bertz CT molecular complexity index is 872. The van der Waals surface area contributed by atoms with Gasteiger partial charge in [-0.1, -0.05) is 11.8 Å². The van der Waals surface area contributed by atoms with Gasteiger partial charge in [0.1, 0.15) is 15.7 Å². The zero-order valence-corrected chi connectivity index (χ0v) is 16.4. The number of hydrogen-bond acceptors (Lipinski definition) is 6. The van der Waals surface area contributed by atoms with E-state index >= 15 is 0 Å². The van der Waals surface area contributed by atoms with Crippen LogP contribution >= 0.6 is 23.1 Å². The van der Waals surface area contributed by atoms with Gasteiger partial charge in [-0.3, -0.25) is 9.59 Å². The number of primary amides is 1. The predicted octanol–water partition coefficient (Wildman–Crippen LogP) is 2.30. The summed E-state index contributed by atoms with van der Waals surface area (Å²) in [5, 5.41) is 2.10. The first-order chi connectivity index (χ1) is 12.5. The van der Waals surface area contributed by atoms with Crippen molar-refractivity contribution in [2.75, 3.05) is 18.8 Å². The van der Waals surface area contributed by atoms with Crippen LogP contribution in [0.3, 0.4) is 0 Å². The molecule has 1 saturated heterocycles. The summed E-state index contributed by atoms with van der Waals surface area (Å²) in [6, 6.07) is 0. The molecule has 2 aromatic rings. The number of carbonyl (C=O) groups is 2. The smallest absolute Gasteiger partial charge is 0.232 e. The summed E-state index contributed by atoms with van der Waals surface area (Å²) in [5.41, 5.74) is 6.76. The molecule has 2 amide bonds. The lowest BCUT2D eigenvalue weighted by molar-refractivity contribution is -0.132. The Balaban J connectivity index is 1.46. The van der Waals surface area contributed by atoms with Gasteiger partial charge in [0.05, 0.1) is 5.75 Å². The molecule has 26 heavy (non-hydrogen) atoms. The molecule has 1 aliphatic carbocycles. The lowest BCUT2D eigenvalue weighted by atomic mass is 9.96. The summed E-state index contributed by atoms with van der Waals surface area (Å²) in [7, 11) is 0. The molecule has 2 aliphatic rings. The van der Waals surface area contributed by atoms with Gasteiger partial charge in [0.15, 0.2) is 0 Å². The van der Waals surface area contributed by atoms with E-state index < -0.39 is 0 Å². The van der Waals surface area contributed by atoms with E-state index in [4.69, 9.17) is 5.73 Å². The van der Waals surface area contributed by atoms with Gasteiger partial charge < -0.3 is 10.6 Å². The monoisotopic (exact) mass is 390 g/mol. The van der Waals surface area contributed by atoms with Gasteiger partial charge in [0.25, 0.3) is 0 Å². The Morgan fingerprint density at radius 1 is 1.27 bits per heavy atom. The Labute approximate surface area is 160 Å². The number of aryl methyl sites for hydroxylation is 3. The summed E-state index contributed by atoms with van der Waals surface area (Å²) in [4.78, 5) is 37.4. The van der Waals surface area contributed by atoms with E-state index in [0.717, 1.165) is 28.5 Å². The molecule has 0 bridgehead atoms. The number of likely N-dealkylation sites (tertiary alicyclic amines) is 1. The molecule has 4 rings (SSSR count). The first-order valence-electron chi connectivity index (χ1n) is 9.01. The number of rotatable bonds is 4. The van der Waals surface area contributed by atoms with Gasteiger partial charge in [0.2, 0.25) is 11.8 Å². The van der Waals surface area contributed by atoms with Crippen LogP contribution in [0.1, 0.15) is 35.5 Å². The van der Waals surface area contributed by atoms with Crippen molar-refractivity contribution in [1.29, 1.82) is 0 Å². The predicted molar refractivity (Wildman–Crippen MR) is 103 cm³/mol. The minimum absolute atomic E-state index is 0.0933. The maximum Gasteiger partial charge on any atom is 0.232 e. The standard InChI is InChI=1S/C18H22N4O2S2/c1-10-20-17(15-12-3-2-4-13(12)26-18(15)21-10)25-9-14(23)22-7-5-11(6-8-22)16(19)24/h11H,2-9H2,1H3,(H2,19,24). The molecule has 0 unspecified atom stereocenters. The number of nitrogens with two attached hydrogens (primary N) is 1. The number of hydrogen-bond donors (Lipinski definition) is 1. The topological polar surface area (TPSA) is 89.2 Å². The van der Waals surface area contributed by atoms with Crippen LogP contribution in [-0.2, 0) is 22.4 Å². The normalized spacial score (nSPS) is 17.7. The quantitative estimate of drug-likeness (QED) is 0.639. The van der Waals surface area contributed by atoms with Crippen molar-refractivity contribution >= 4 is 45.1 Å². The second-order valence-electron chi connectivity index (χ2n) is 6.96. The average Bonchev–Trinajstić information content (AvgIpc) is 3.19. The number of amides is 2. The fraction of sp³-hybridized carbons (Fsp3) is 0.556. The van der Waals surface area contributed by atoms with Crippen LogP contribution in [0, 0.1) is 12.8 Å². The van der Waals surface area contributed by atoms with Crippen LogP contribution in [-0.4, -0.2) is 45.5 Å². The average molecular weight is 391 g/mol. The second-order valence-corrected chi connectivity index (χ2v) is 9.01. The van der Waals surface area contributed by atoms with E-state index in [0.29, 0.717) is 31.7 Å². The number of thiophene rings is 1. The number of nitrogens with zero attached hydrogens (tertiary/aromatic N) is 3. The minimum atomic E-state index is -0.253. The highest BCUT2D eigenvalue weighted by molar-refractivity contribution is 8.00. The lowest BCUT2D eigenvalue weighted by Gasteiger charge is -2.30. The molecule has 0 spiro atoms. The van der Waals surface area contributed by atoms with Crippen molar-refractivity contribution in [3.63, 3.8) is 0 Å². The summed E-state index contributed by atoms with van der Waals surface area (Å²) in [6.45, 7) is 3.13. The number of aromatic nitrogens is 2. The summed E-state index contributed by atoms with van der Waals surface area (Å²) < 4.78 is 0. The third-order valence-electron chi connectivity index (χ3n) is 5.23. The fourth-order valence-electron chi connectivity index (χ4n) is 3.80. The molecule has 6 nitrogen and oxygen atoms in total. The van der Waals surface area contributed by atoms with Gasteiger partial charge in [-0.05, 0) is 44.6 Å². The first-order valence-corrected chi connectivity index (χ1v) is 10.8. The van der Waals surface area contributed by atoms with E-state index in [-0.39, 0.29) is 17.7 Å². The van der Waals surface area contributed by atoms with Crippen molar-refractivity contribution in [2.24, 2.45) is 11.7 Å². The summed E-state index contributed by atoms with van der Waals surface area (Å²) in [5.74, 6) is 0.891. The zero-order valence-electron chi connectivity index (χ0n) is 14.8. The molecule has 2 aromatic heterocycles. The summed E-state index contributed by atoms with van der Waals surface area (Å²) in [6.07, 6.45) is 4.75. The van der Waals surface area contributed by atoms with Crippen LogP contribution in [0.4, 0.5) is 0 Å². The Morgan fingerprint density at radius 3 is 2.77 bits per heavy atom. The number of piperidine rings is 1. The third-order valence-corrected chi connectivity index (χ3v) is 7.37. The highest BCUT2D eigenvalue weighted by Gasteiger charge is 2.27. The molecular weight excluding hydrogens is 368 g/mol. The molecule has 0 saturated carbocycles. The van der Waals surface area contributed by atoms with Crippen LogP contribution in [0.25, 0.3) is 10.2 Å². The maximum atomic E-state index is 12.6. The van der Waals surface area contributed by atoms with Crippen molar-refractivity contribution in [3.05, 3.63) is 16.3 Å². The van der Waals surface area contributed by atoms with Crippen molar-refractivity contribution in [3.8, 4) is 0 Å². The fourth-order valence-corrected chi connectivity index (χ4v) is 6.18. The van der Waals surface area contributed by atoms with Crippen molar-refractivity contribution < 1.29 is 9.59 Å².